The first-order valence-electron chi connectivity index (χ1n) is 10.2. The van der Waals surface area contributed by atoms with Crippen molar-refractivity contribution < 1.29 is 23.9 Å². The van der Waals surface area contributed by atoms with Crippen LogP contribution in [0.1, 0.15) is 28.1 Å². The van der Waals surface area contributed by atoms with Gasteiger partial charge in [0.1, 0.15) is 0 Å². The number of carbonyl (C=O) groups is 4. The van der Waals surface area contributed by atoms with Crippen LogP contribution in [0.25, 0.3) is 0 Å². The van der Waals surface area contributed by atoms with Gasteiger partial charge in [-0.05, 0) is 48.9 Å². The first-order valence-corrected chi connectivity index (χ1v) is 11.4. The molecule has 2 aromatic rings. The zero-order chi connectivity index (χ0) is 23.1. The number of nitrogens with one attached hydrogen (secondary N) is 2. The summed E-state index contributed by atoms with van der Waals surface area (Å²) in [5, 5.41) is 7.47. The zero-order valence-corrected chi connectivity index (χ0v) is 19.1. The number of rotatable bonds is 7. The van der Waals surface area contributed by atoms with Crippen LogP contribution in [0, 0.1) is 12.8 Å². The molecule has 0 saturated carbocycles. The number of thiophene rings is 1. The highest BCUT2D eigenvalue weighted by Crippen LogP contribution is 2.23. The molecule has 3 rings (SSSR count). The van der Waals surface area contributed by atoms with Gasteiger partial charge in [-0.2, -0.15) is 0 Å². The van der Waals surface area contributed by atoms with E-state index in [1.165, 1.54) is 11.3 Å². The van der Waals surface area contributed by atoms with Crippen LogP contribution in [-0.2, 0) is 19.1 Å². The average Bonchev–Trinajstić information content (AvgIpc) is 3.34. The molecule has 0 atom stereocenters. The number of likely N-dealkylation sites (tertiary alicyclic amines) is 1. The number of carbonyl (C=O) groups excluding carboxylic acids is 4. The molecule has 1 saturated heterocycles. The molecule has 1 aliphatic heterocycles. The normalized spacial score (nSPS) is 14.0. The minimum atomic E-state index is -0.568. The fourth-order valence-electron chi connectivity index (χ4n) is 3.30. The molecule has 170 valence electrons. The molecule has 2 N–H and O–H groups in total. The maximum absolute atomic E-state index is 12.4. The third-order valence-corrected chi connectivity index (χ3v) is 6.45. The van der Waals surface area contributed by atoms with E-state index in [4.69, 9.17) is 16.3 Å². The largest absolute Gasteiger partial charge is 0.455 e. The molecule has 0 bridgehead atoms. The second-order valence-corrected chi connectivity index (χ2v) is 8.74. The molecule has 2 heterocycles. The van der Waals surface area contributed by atoms with E-state index < -0.39 is 24.4 Å². The van der Waals surface area contributed by atoms with Gasteiger partial charge >= 0.3 is 5.97 Å². The molecule has 1 aromatic heterocycles. The van der Waals surface area contributed by atoms with Gasteiger partial charge in [0.25, 0.3) is 11.8 Å². The van der Waals surface area contributed by atoms with E-state index in [1.54, 1.807) is 36.1 Å². The number of esters is 1. The highest BCUT2D eigenvalue weighted by molar-refractivity contribution is 7.12. The van der Waals surface area contributed by atoms with Crippen LogP contribution >= 0.6 is 22.9 Å². The Labute approximate surface area is 194 Å². The Morgan fingerprint density at radius 2 is 1.88 bits per heavy atom. The lowest BCUT2D eigenvalue weighted by Gasteiger charge is -2.30. The summed E-state index contributed by atoms with van der Waals surface area (Å²) in [7, 11) is 0. The molecule has 10 heteroatoms. The standard InChI is InChI=1S/C22H24ClN3O5S/c1-14-16(23)4-2-5-17(14)25-19(27)12-24-20(28)13-31-22(30)15-7-9-26(10-8-15)21(29)18-6-3-11-32-18/h2-6,11,15H,7-10,12-13H2,1H3,(H,24,28)(H,25,27). The summed E-state index contributed by atoms with van der Waals surface area (Å²) >= 11 is 7.41. The molecular weight excluding hydrogens is 454 g/mol. The van der Waals surface area contributed by atoms with Gasteiger partial charge in [-0.3, -0.25) is 19.2 Å². The first-order chi connectivity index (χ1) is 15.3. The highest BCUT2D eigenvalue weighted by Gasteiger charge is 2.29. The Hall–Kier alpha value is -2.91. The van der Waals surface area contributed by atoms with E-state index in [2.05, 4.69) is 10.6 Å². The number of piperidine rings is 1. The van der Waals surface area contributed by atoms with Crippen LogP contribution in [-0.4, -0.2) is 54.8 Å². The second-order valence-electron chi connectivity index (χ2n) is 7.39. The third kappa shape index (κ3) is 6.30. The topological polar surface area (TPSA) is 105 Å². The van der Waals surface area contributed by atoms with E-state index >= 15 is 0 Å². The third-order valence-electron chi connectivity index (χ3n) is 5.18. The SMILES string of the molecule is Cc1c(Cl)cccc1NC(=O)CNC(=O)COC(=O)C1CCN(C(=O)c2cccs2)CC1. The lowest BCUT2D eigenvalue weighted by atomic mass is 9.97. The van der Waals surface area contributed by atoms with Crippen molar-refractivity contribution in [2.24, 2.45) is 5.92 Å². The van der Waals surface area contributed by atoms with Crippen molar-refractivity contribution in [1.82, 2.24) is 10.2 Å². The fourth-order valence-corrected chi connectivity index (χ4v) is 4.16. The molecule has 8 nitrogen and oxygen atoms in total. The Kier molecular flexibility index (Phi) is 8.24. The van der Waals surface area contributed by atoms with E-state index in [9.17, 15) is 19.2 Å². The average molecular weight is 478 g/mol. The Bertz CT molecular complexity index is 987. The van der Waals surface area contributed by atoms with Gasteiger partial charge in [-0.25, -0.2) is 0 Å². The number of amides is 3. The predicted octanol–water partition coefficient (Wildman–Crippen LogP) is 2.86. The van der Waals surface area contributed by atoms with E-state index in [1.807, 2.05) is 11.4 Å². The summed E-state index contributed by atoms with van der Waals surface area (Å²) in [4.78, 5) is 51.0. The van der Waals surface area contributed by atoms with Crippen molar-refractivity contribution >= 4 is 52.3 Å². The van der Waals surface area contributed by atoms with Gasteiger partial charge in [-0.1, -0.05) is 23.7 Å². The van der Waals surface area contributed by atoms with Gasteiger partial charge in [0.15, 0.2) is 6.61 Å². The van der Waals surface area contributed by atoms with Gasteiger partial charge in [0, 0.05) is 23.8 Å². The van der Waals surface area contributed by atoms with E-state index in [0.29, 0.717) is 41.5 Å². The lowest BCUT2D eigenvalue weighted by molar-refractivity contribution is -0.153. The molecule has 0 unspecified atom stereocenters. The molecule has 32 heavy (non-hydrogen) atoms. The molecule has 0 aliphatic carbocycles. The number of hydrogen-bond acceptors (Lipinski definition) is 6. The number of benzene rings is 1. The minimum Gasteiger partial charge on any atom is -0.455 e. The molecule has 1 fully saturated rings. The van der Waals surface area contributed by atoms with Crippen LogP contribution in [0.5, 0.6) is 0 Å². The maximum Gasteiger partial charge on any atom is 0.309 e. The van der Waals surface area contributed by atoms with Gasteiger partial charge in [-0.15, -0.1) is 11.3 Å². The number of nitrogens with zero attached hydrogens (tertiary/aromatic N) is 1. The highest BCUT2D eigenvalue weighted by atomic mass is 35.5. The fraction of sp³-hybridized carbons (Fsp3) is 0.364. The smallest absolute Gasteiger partial charge is 0.309 e. The molecular formula is C22H24ClN3O5S. The first kappa shape index (κ1) is 23.7. The van der Waals surface area contributed by atoms with Crippen LogP contribution in [0.3, 0.4) is 0 Å². The lowest BCUT2D eigenvalue weighted by Crippen LogP contribution is -2.41. The summed E-state index contributed by atoms with van der Waals surface area (Å²) in [6.07, 6.45) is 0.970. The number of anilines is 1. The van der Waals surface area contributed by atoms with Crippen molar-refractivity contribution in [2.75, 3.05) is 31.6 Å². The molecule has 3 amide bonds. The van der Waals surface area contributed by atoms with E-state index in [-0.39, 0.29) is 18.4 Å². The molecule has 1 aromatic carbocycles. The maximum atomic E-state index is 12.4. The van der Waals surface area contributed by atoms with Crippen molar-refractivity contribution in [2.45, 2.75) is 19.8 Å². The van der Waals surface area contributed by atoms with Gasteiger partial charge in [0.2, 0.25) is 5.91 Å². The van der Waals surface area contributed by atoms with Crippen LogP contribution in [0.2, 0.25) is 5.02 Å². The van der Waals surface area contributed by atoms with Crippen molar-refractivity contribution in [3.8, 4) is 0 Å². The number of halogens is 1. The molecule has 1 aliphatic rings. The number of hydrogen-bond donors (Lipinski definition) is 2. The van der Waals surface area contributed by atoms with Crippen LogP contribution < -0.4 is 10.6 Å². The van der Waals surface area contributed by atoms with Crippen LogP contribution in [0.15, 0.2) is 35.7 Å². The molecule has 0 spiro atoms. The summed E-state index contributed by atoms with van der Waals surface area (Å²) in [6.45, 7) is 1.98. The van der Waals surface area contributed by atoms with Crippen molar-refractivity contribution in [3.63, 3.8) is 0 Å². The number of ether oxygens (including phenoxy) is 1. The summed E-state index contributed by atoms with van der Waals surface area (Å²) < 4.78 is 5.10. The zero-order valence-electron chi connectivity index (χ0n) is 17.6. The minimum absolute atomic E-state index is 0.0301. The Balaban J connectivity index is 1.35. The predicted molar refractivity (Wildman–Crippen MR) is 122 cm³/mol. The van der Waals surface area contributed by atoms with Crippen molar-refractivity contribution in [3.05, 3.63) is 51.2 Å². The molecule has 0 radical (unpaired) electrons. The van der Waals surface area contributed by atoms with Gasteiger partial charge < -0.3 is 20.3 Å². The monoisotopic (exact) mass is 477 g/mol. The second kappa shape index (κ2) is 11.1. The summed E-state index contributed by atoms with van der Waals surface area (Å²) in [5.41, 5.74) is 1.29. The summed E-state index contributed by atoms with van der Waals surface area (Å²) in [6, 6.07) is 8.75. The Morgan fingerprint density at radius 3 is 2.56 bits per heavy atom. The summed E-state index contributed by atoms with van der Waals surface area (Å²) in [5.74, 6) is -1.84. The van der Waals surface area contributed by atoms with E-state index in [0.717, 1.165) is 5.56 Å². The Morgan fingerprint density at radius 1 is 1.12 bits per heavy atom. The quantitative estimate of drug-likeness (QED) is 0.596. The van der Waals surface area contributed by atoms with Crippen molar-refractivity contribution in [1.29, 1.82) is 0 Å². The van der Waals surface area contributed by atoms with Crippen LogP contribution in [0.4, 0.5) is 5.69 Å². The van der Waals surface area contributed by atoms with Gasteiger partial charge in [0.05, 0.1) is 17.3 Å².